The Morgan fingerprint density at radius 1 is 1.00 bits per heavy atom. The normalized spacial score (nSPS) is 11.8. The van der Waals surface area contributed by atoms with Gasteiger partial charge in [0.2, 0.25) is 0 Å². The van der Waals surface area contributed by atoms with Crippen molar-refractivity contribution in [1.82, 2.24) is 0 Å². The van der Waals surface area contributed by atoms with Gasteiger partial charge in [0, 0.05) is 0 Å². The van der Waals surface area contributed by atoms with Crippen LogP contribution in [0.25, 0.3) is 0 Å². The van der Waals surface area contributed by atoms with E-state index in [4.69, 9.17) is 9.16 Å². The zero-order chi connectivity index (χ0) is 15.1. The molecule has 110 valence electrons. The van der Waals surface area contributed by atoms with E-state index in [-0.39, 0.29) is 5.04 Å². The fourth-order valence-electron chi connectivity index (χ4n) is 1.33. The quantitative estimate of drug-likeness (QED) is 0.459. The lowest BCUT2D eigenvalue weighted by Gasteiger charge is -2.35. The largest absolute Gasteiger partial charge is 0.406 e. The van der Waals surface area contributed by atoms with Crippen molar-refractivity contribution in [2.45, 2.75) is 45.5 Å². The minimum absolute atomic E-state index is 0.235. The van der Waals surface area contributed by atoms with Crippen LogP contribution in [0.15, 0.2) is 30.3 Å². The fourth-order valence-corrected chi connectivity index (χ4v) is 2.20. The lowest BCUT2D eigenvalue weighted by molar-refractivity contribution is 0.153. The average molecular weight is 290 g/mol. The van der Waals surface area contributed by atoms with Crippen LogP contribution in [0.1, 0.15) is 26.3 Å². The van der Waals surface area contributed by atoms with E-state index in [1.807, 2.05) is 30.3 Å². The van der Waals surface area contributed by atoms with Crippen molar-refractivity contribution in [2.24, 2.45) is 0 Å². The third-order valence-electron chi connectivity index (χ3n) is 3.72. The van der Waals surface area contributed by atoms with Crippen molar-refractivity contribution in [3.8, 4) is 11.8 Å². The first-order valence-corrected chi connectivity index (χ1v) is 9.95. The molecular weight excluding hydrogens is 264 g/mol. The van der Waals surface area contributed by atoms with E-state index in [0.29, 0.717) is 19.8 Å². The molecule has 0 amide bonds. The van der Waals surface area contributed by atoms with Gasteiger partial charge in [-0.1, -0.05) is 62.9 Å². The molecule has 1 aromatic rings. The molecule has 3 heteroatoms. The maximum Gasteiger partial charge on any atom is 0.193 e. The molecule has 0 spiro atoms. The van der Waals surface area contributed by atoms with Crippen LogP contribution >= 0.6 is 0 Å². The van der Waals surface area contributed by atoms with Gasteiger partial charge in [-0.2, -0.15) is 0 Å². The smallest absolute Gasteiger partial charge is 0.193 e. The van der Waals surface area contributed by atoms with E-state index in [0.717, 1.165) is 0 Å². The van der Waals surface area contributed by atoms with Crippen molar-refractivity contribution in [3.05, 3.63) is 35.9 Å². The van der Waals surface area contributed by atoms with Gasteiger partial charge >= 0.3 is 0 Å². The maximum atomic E-state index is 5.97. The molecule has 0 saturated carbocycles. The summed E-state index contributed by atoms with van der Waals surface area (Å²) in [6.07, 6.45) is 0. The summed E-state index contributed by atoms with van der Waals surface area (Å²) in [5, 5.41) is 0.235. The van der Waals surface area contributed by atoms with E-state index in [1.165, 1.54) is 5.56 Å². The number of hydrogen-bond donors (Lipinski definition) is 0. The number of ether oxygens (including phenoxy) is 1. The molecule has 0 heterocycles. The molecule has 2 nitrogen and oxygen atoms in total. The minimum atomic E-state index is -1.67. The predicted octanol–water partition coefficient (Wildman–Crippen LogP) is 4.23. The highest BCUT2D eigenvalue weighted by molar-refractivity contribution is 6.74. The Morgan fingerprint density at radius 3 is 2.20 bits per heavy atom. The van der Waals surface area contributed by atoms with Crippen LogP contribution < -0.4 is 0 Å². The monoisotopic (exact) mass is 290 g/mol. The van der Waals surface area contributed by atoms with Gasteiger partial charge in [0.25, 0.3) is 0 Å². The SMILES string of the molecule is CC(C)(C)[Si](C)(C)OCC#CCOCc1ccccc1. The summed E-state index contributed by atoms with van der Waals surface area (Å²) in [5.74, 6) is 6.04. The maximum absolute atomic E-state index is 5.97. The van der Waals surface area contributed by atoms with Crippen LogP contribution in [-0.2, 0) is 15.8 Å². The van der Waals surface area contributed by atoms with Gasteiger partial charge in [0.15, 0.2) is 8.32 Å². The molecule has 0 N–H and O–H groups in total. The lowest BCUT2D eigenvalue weighted by Crippen LogP contribution is -2.40. The summed E-state index contributed by atoms with van der Waals surface area (Å²) >= 11 is 0. The van der Waals surface area contributed by atoms with Gasteiger partial charge in [0.05, 0.1) is 13.2 Å². The molecule has 0 atom stereocenters. The topological polar surface area (TPSA) is 18.5 Å². The third-order valence-corrected chi connectivity index (χ3v) is 8.20. The van der Waals surface area contributed by atoms with Crippen molar-refractivity contribution in [1.29, 1.82) is 0 Å². The predicted molar refractivity (Wildman–Crippen MR) is 87.0 cm³/mol. The van der Waals surface area contributed by atoms with Gasteiger partial charge in [-0.05, 0) is 23.7 Å². The first kappa shape index (κ1) is 17.0. The van der Waals surface area contributed by atoms with E-state index < -0.39 is 8.32 Å². The summed E-state index contributed by atoms with van der Waals surface area (Å²) in [6.45, 7) is 12.7. The van der Waals surface area contributed by atoms with Crippen molar-refractivity contribution < 1.29 is 9.16 Å². The molecule has 20 heavy (non-hydrogen) atoms. The van der Waals surface area contributed by atoms with E-state index in [2.05, 4.69) is 45.7 Å². The third kappa shape index (κ3) is 5.92. The Morgan fingerprint density at radius 2 is 1.60 bits per heavy atom. The lowest BCUT2D eigenvalue weighted by atomic mass is 10.2. The molecule has 0 saturated heterocycles. The van der Waals surface area contributed by atoms with Crippen LogP contribution in [0.4, 0.5) is 0 Å². The van der Waals surface area contributed by atoms with Crippen LogP contribution in [-0.4, -0.2) is 21.5 Å². The van der Waals surface area contributed by atoms with Gasteiger partial charge in [0.1, 0.15) is 6.61 Å². The molecule has 0 aromatic heterocycles. The van der Waals surface area contributed by atoms with Crippen molar-refractivity contribution in [3.63, 3.8) is 0 Å². The van der Waals surface area contributed by atoms with Crippen molar-refractivity contribution >= 4 is 8.32 Å². The van der Waals surface area contributed by atoms with Crippen LogP contribution in [0.5, 0.6) is 0 Å². The highest BCUT2D eigenvalue weighted by Gasteiger charge is 2.36. The molecule has 1 rings (SSSR count). The van der Waals surface area contributed by atoms with Gasteiger partial charge < -0.3 is 9.16 Å². The molecule has 0 bridgehead atoms. The number of rotatable bonds is 5. The van der Waals surface area contributed by atoms with Gasteiger partial charge in [-0.15, -0.1) is 0 Å². The standard InChI is InChI=1S/C17H26O2Si/c1-17(2,3)20(4,5)19-14-10-9-13-18-15-16-11-7-6-8-12-16/h6-8,11-12H,13-15H2,1-5H3. The zero-order valence-corrected chi connectivity index (χ0v) is 14.3. The molecule has 0 aliphatic heterocycles. The summed E-state index contributed by atoms with van der Waals surface area (Å²) < 4.78 is 11.5. The highest BCUT2D eigenvalue weighted by atomic mass is 28.4. The van der Waals surface area contributed by atoms with Gasteiger partial charge in [-0.3, -0.25) is 0 Å². The molecule has 0 fully saturated rings. The summed E-state index contributed by atoms with van der Waals surface area (Å²) in [5.41, 5.74) is 1.17. The Kier molecular flexibility index (Phi) is 6.48. The van der Waals surface area contributed by atoms with Crippen molar-refractivity contribution in [2.75, 3.05) is 13.2 Å². The first-order valence-electron chi connectivity index (χ1n) is 7.04. The molecule has 0 aliphatic rings. The van der Waals surface area contributed by atoms with E-state index in [9.17, 15) is 0 Å². The molecular formula is C17H26O2Si. The molecule has 1 aromatic carbocycles. The van der Waals surface area contributed by atoms with Crippen LogP contribution in [0.3, 0.4) is 0 Å². The second-order valence-corrected chi connectivity index (χ2v) is 11.2. The first-order chi connectivity index (χ1) is 9.33. The average Bonchev–Trinajstić information content (AvgIpc) is 2.37. The zero-order valence-electron chi connectivity index (χ0n) is 13.3. The summed E-state index contributed by atoms with van der Waals surface area (Å²) in [4.78, 5) is 0. The molecule has 0 unspecified atom stereocenters. The Hall–Kier alpha value is -1.08. The summed E-state index contributed by atoms with van der Waals surface area (Å²) in [7, 11) is -1.67. The number of benzene rings is 1. The van der Waals surface area contributed by atoms with E-state index >= 15 is 0 Å². The molecule has 0 aliphatic carbocycles. The number of hydrogen-bond acceptors (Lipinski definition) is 2. The Bertz CT molecular complexity index is 449. The highest BCUT2D eigenvalue weighted by Crippen LogP contribution is 2.36. The van der Waals surface area contributed by atoms with Gasteiger partial charge in [-0.25, -0.2) is 0 Å². The van der Waals surface area contributed by atoms with E-state index in [1.54, 1.807) is 0 Å². The Labute approximate surface area is 124 Å². The minimum Gasteiger partial charge on any atom is -0.406 e. The fraction of sp³-hybridized carbons (Fsp3) is 0.529. The second kappa shape index (κ2) is 7.63. The van der Waals surface area contributed by atoms with Crippen LogP contribution in [0.2, 0.25) is 18.1 Å². The summed E-state index contributed by atoms with van der Waals surface area (Å²) in [6, 6.07) is 10.1. The van der Waals surface area contributed by atoms with Crippen LogP contribution in [0, 0.1) is 11.8 Å². The Balaban J connectivity index is 2.21. The second-order valence-electron chi connectivity index (χ2n) is 6.38. The molecule has 0 radical (unpaired) electrons.